The van der Waals surface area contributed by atoms with Crippen LogP contribution in [0.2, 0.25) is 0 Å². The quantitative estimate of drug-likeness (QED) is 0.775. The van der Waals surface area contributed by atoms with Crippen molar-refractivity contribution in [1.82, 2.24) is 5.32 Å². The van der Waals surface area contributed by atoms with E-state index in [0.717, 1.165) is 32.5 Å². The number of ether oxygens (including phenoxy) is 1. The fraction of sp³-hybridized carbons (Fsp3) is 1.00. The maximum atomic E-state index is 12.2. The van der Waals surface area contributed by atoms with Crippen LogP contribution >= 0.6 is 11.8 Å². The van der Waals surface area contributed by atoms with Crippen LogP contribution in [-0.2, 0) is 4.74 Å². The van der Waals surface area contributed by atoms with Gasteiger partial charge in [0.2, 0.25) is 0 Å². The Morgan fingerprint density at radius 3 is 2.63 bits per heavy atom. The Hall–Kier alpha value is 0.0600. The molecule has 0 aliphatic carbocycles. The van der Waals surface area contributed by atoms with E-state index in [9.17, 15) is 13.2 Å². The second kappa shape index (κ2) is 7.74. The minimum Gasteiger partial charge on any atom is -0.381 e. The molecular formula is C13H24F3NOS. The van der Waals surface area contributed by atoms with Gasteiger partial charge in [0, 0.05) is 24.3 Å². The van der Waals surface area contributed by atoms with Crippen LogP contribution in [0.5, 0.6) is 0 Å². The molecule has 0 saturated carbocycles. The minimum absolute atomic E-state index is 0.0822. The van der Waals surface area contributed by atoms with Crippen LogP contribution in [0.4, 0.5) is 13.2 Å². The van der Waals surface area contributed by atoms with Crippen LogP contribution in [0.15, 0.2) is 0 Å². The summed E-state index contributed by atoms with van der Waals surface area (Å²) in [7, 11) is 0. The van der Waals surface area contributed by atoms with Crippen LogP contribution in [0, 0.1) is 11.3 Å². The van der Waals surface area contributed by atoms with E-state index in [0.29, 0.717) is 18.9 Å². The van der Waals surface area contributed by atoms with Gasteiger partial charge in [-0.15, -0.1) is 0 Å². The first-order chi connectivity index (χ1) is 8.83. The number of hydrogen-bond donors (Lipinski definition) is 1. The summed E-state index contributed by atoms with van der Waals surface area (Å²) in [5.74, 6) is 0.669. The molecule has 19 heavy (non-hydrogen) atoms. The first-order valence-electron chi connectivity index (χ1n) is 6.82. The molecule has 0 radical (unpaired) electrons. The van der Waals surface area contributed by atoms with Crippen molar-refractivity contribution in [3.8, 4) is 0 Å². The fourth-order valence-corrected chi connectivity index (χ4v) is 3.11. The van der Waals surface area contributed by atoms with Crippen molar-refractivity contribution in [1.29, 1.82) is 0 Å². The minimum atomic E-state index is -4.12. The molecule has 0 amide bonds. The molecule has 1 saturated heterocycles. The molecule has 1 aliphatic heterocycles. The molecule has 0 aromatic rings. The van der Waals surface area contributed by atoms with Crippen molar-refractivity contribution >= 4 is 11.8 Å². The molecule has 0 bridgehead atoms. The van der Waals surface area contributed by atoms with E-state index in [1.54, 1.807) is 0 Å². The molecule has 0 spiro atoms. The summed E-state index contributed by atoms with van der Waals surface area (Å²) in [5.41, 5.74) is -4.24. The van der Waals surface area contributed by atoms with Gasteiger partial charge in [0.15, 0.2) is 0 Å². The highest BCUT2D eigenvalue weighted by Crippen LogP contribution is 2.37. The van der Waals surface area contributed by atoms with Gasteiger partial charge < -0.3 is 10.1 Å². The van der Waals surface area contributed by atoms with E-state index in [1.807, 2.05) is 0 Å². The summed E-state index contributed by atoms with van der Waals surface area (Å²) < 4.78 is 42.1. The first kappa shape index (κ1) is 17.1. The number of halogens is 3. The van der Waals surface area contributed by atoms with E-state index in [1.165, 1.54) is 0 Å². The molecule has 1 fully saturated rings. The summed E-state index contributed by atoms with van der Waals surface area (Å²) in [6.45, 7) is 7.21. The summed E-state index contributed by atoms with van der Waals surface area (Å²) in [4.78, 5) is 0. The van der Waals surface area contributed by atoms with Crippen LogP contribution in [-0.4, -0.2) is 37.6 Å². The number of rotatable bonds is 7. The third-order valence-electron chi connectivity index (χ3n) is 3.35. The van der Waals surface area contributed by atoms with Gasteiger partial charge in [-0.3, -0.25) is 0 Å². The van der Waals surface area contributed by atoms with Gasteiger partial charge in [-0.05, 0) is 31.7 Å². The standard InChI is InChI=1S/C13H24F3NOS/c1-11(2)8-17-9-12(4-3-6-18-10-12)5-7-19-13(14,15)16/h11,17H,3-10H2,1-2H3. The average Bonchev–Trinajstić information content (AvgIpc) is 2.28. The highest BCUT2D eigenvalue weighted by atomic mass is 32.2. The lowest BCUT2D eigenvalue weighted by Gasteiger charge is -2.37. The Morgan fingerprint density at radius 2 is 2.11 bits per heavy atom. The maximum absolute atomic E-state index is 12.2. The average molecular weight is 299 g/mol. The Balaban J connectivity index is 2.40. The van der Waals surface area contributed by atoms with Crippen molar-refractivity contribution in [3.63, 3.8) is 0 Å². The van der Waals surface area contributed by atoms with E-state index < -0.39 is 5.51 Å². The summed E-state index contributed by atoms with van der Waals surface area (Å²) >= 11 is 0.0822. The molecule has 6 heteroatoms. The van der Waals surface area contributed by atoms with Crippen molar-refractivity contribution in [2.45, 2.75) is 38.6 Å². The lowest BCUT2D eigenvalue weighted by molar-refractivity contribution is -0.0338. The summed E-state index contributed by atoms with van der Waals surface area (Å²) in [6.07, 6.45) is 2.46. The van der Waals surface area contributed by atoms with Crippen LogP contribution in [0.1, 0.15) is 33.1 Å². The summed E-state index contributed by atoms with van der Waals surface area (Å²) in [5, 5.41) is 3.37. The summed E-state index contributed by atoms with van der Waals surface area (Å²) in [6, 6.07) is 0. The van der Waals surface area contributed by atoms with Gasteiger partial charge in [-0.2, -0.15) is 13.2 Å². The van der Waals surface area contributed by atoms with Crippen molar-refractivity contribution < 1.29 is 17.9 Å². The zero-order chi connectivity index (χ0) is 14.4. The van der Waals surface area contributed by atoms with E-state index >= 15 is 0 Å². The van der Waals surface area contributed by atoms with Gasteiger partial charge in [0.05, 0.1) is 6.61 Å². The van der Waals surface area contributed by atoms with Gasteiger partial charge in [0.1, 0.15) is 0 Å². The van der Waals surface area contributed by atoms with Crippen molar-refractivity contribution in [2.75, 3.05) is 32.1 Å². The second-order valence-electron chi connectivity index (χ2n) is 5.73. The molecule has 0 aromatic heterocycles. The molecule has 114 valence electrons. The Labute approximate surface area is 117 Å². The number of nitrogens with one attached hydrogen (secondary N) is 1. The molecule has 1 N–H and O–H groups in total. The fourth-order valence-electron chi connectivity index (χ4n) is 2.34. The number of alkyl halides is 3. The van der Waals surface area contributed by atoms with Crippen molar-refractivity contribution in [3.05, 3.63) is 0 Å². The molecule has 1 aliphatic rings. The largest absolute Gasteiger partial charge is 0.441 e. The predicted octanol–water partition coefficient (Wildman–Crippen LogP) is 3.67. The third kappa shape index (κ3) is 7.42. The van der Waals surface area contributed by atoms with Crippen LogP contribution in [0.3, 0.4) is 0 Å². The second-order valence-corrected chi connectivity index (χ2v) is 6.88. The Bertz CT molecular complexity index is 253. The normalized spacial score (nSPS) is 24.9. The Morgan fingerprint density at radius 1 is 1.37 bits per heavy atom. The topological polar surface area (TPSA) is 21.3 Å². The van der Waals surface area contributed by atoms with Crippen molar-refractivity contribution in [2.24, 2.45) is 11.3 Å². The molecular weight excluding hydrogens is 275 g/mol. The van der Waals surface area contributed by atoms with Gasteiger partial charge in [0.25, 0.3) is 0 Å². The molecule has 0 aromatic carbocycles. The van der Waals surface area contributed by atoms with Gasteiger partial charge in [-0.25, -0.2) is 0 Å². The predicted molar refractivity (Wildman–Crippen MR) is 73.3 cm³/mol. The smallest absolute Gasteiger partial charge is 0.381 e. The van der Waals surface area contributed by atoms with Gasteiger partial charge >= 0.3 is 5.51 Å². The SMILES string of the molecule is CC(C)CNCC1(CCSC(F)(F)F)CCCOC1. The highest BCUT2D eigenvalue weighted by molar-refractivity contribution is 8.00. The number of hydrogen-bond acceptors (Lipinski definition) is 3. The Kier molecular flexibility index (Phi) is 6.97. The van der Waals surface area contributed by atoms with Gasteiger partial charge in [-0.1, -0.05) is 25.6 Å². The molecule has 1 rings (SSSR count). The molecule has 1 unspecified atom stereocenters. The molecule has 1 atom stereocenters. The lowest BCUT2D eigenvalue weighted by atomic mass is 9.80. The van der Waals surface area contributed by atoms with Crippen LogP contribution in [0.25, 0.3) is 0 Å². The maximum Gasteiger partial charge on any atom is 0.441 e. The highest BCUT2D eigenvalue weighted by Gasteiger charge is 2.35. The zero-order valence-corrected chi connectivity index (χ0v) is 12.5. The monoisotopic (exact) mass is 299 g/mol. The van der Waals surface area contributed by atoms with E-state index in [-0.39, 0.29) is 22.9 Å². The lowest BCUT2D eigenvalue weighted by Crippen LogP contribution is -2.42. The molecule has 2 nitrogen and oxygen atoms in total. The molecule has 1 heterocycles. The van der Waals surface area contributed by atoms with E-state index in [4.69, 9.17) is 4.74 Å². The third-order valence-corrected chi connectivity index (χ3v) is 4.09. The number of thioether (sulfide) groups is 1. The van der Waals surface area contributed by atoms with Crippen LogP contribution < -0.4 is 5.32 Å². The van der Waals surface area contributed by atoms with E-state index in [2.05, 4.69) is 19.2 Å². The first-order valence-corrected chi connectivity index (χ1v) is 7.81. The zero-order valence-electron chi connectivity index (χ0n) is 11.7.